The van der Waals surface area contributed by atoms with E-state index in [0.717, 1.165) is 37.1 Å². The van der Waals surface area contributed by atoms with Gasteiger partial charge in [-0.3, -0.25) is 4.79 Å². The van der Waals surface area contributed by atoms with Crippen molar-refractivity contribution in [1.82, 2.24) is 4.98 Å². The molecule has 1 fully saturated rings. The zero-order chi connectivity index (χ0) is 20.1. The third kappa shape index (κ3) is 5.67. The monoisotopic (exact) mass is 414 g/mol. The smallest absolute Gasteiger partial charge is 0.322 e. The molecule has 2 heterocycles. The number of nitrogens with one attached hydrogen (secondary N) is 3. The number of amides is 1. The first kappa shape index (κ1) is 20.6. The molecule has 0 atom stereocenters. The molecule has 0 unspecified atom stereocenters. The average molecular weight is 415 g/mol. The molecule has 1 aliphatic rings. The van der Waals surface area contributed by atoms with E-state index in [4.69, 9.17) is 11.6 Å². The van der Waals surface area contributed by atoms with Gasteiger partial charge in [-0.2, -0.15) is 13.2 Å². The van der Waals surface area contributed by atoms with Crippen LogP contribution in [0.2, 0.25) is 5.15 Å². The van der Waals surface area contributed by atoms with Gasteiger partial charge in [-0.25, -0.2) is 4.98 Å². The number of rotatable bonds is 5. The van der Waals surface area contributed by atoms with Gasteiger partial charge >= 0.3 is 6.18 Å². The molecule has 0 radical (unpaired) electrons. The molecule has 9 heteroatoms. The Labute approximate surface area is 166 Å². The molecule has 1 aromatic carbocycles. The van der Waals surface area contributed by atoms with Crippen LogP contribution in [0.3, 0.4) is 0 Å². The number of carbonyl (C=O) groups is 1. The third-order valence-corrected chi connectivity index (χ3v) is 5.12. The fourth-order valence-corrected chi connectivity index (χ4v) is 3.52. The minimum absolute atomic E-state index is 0.133. The van der Waals surface area contributed by atoms with Gasteiger partial charge in [-0.05, 0) is 24.3 Å². The van der Waals surface area contributed by atoms with E-state index in [0.29, 0.717) is 24.3 Å². The fourth-order valence-electron chi connectivity index (χ4n) is 3.36. The van der Waals surface area contributed by atoms with E-state index in [1.165, 1.54) is 17.0 Å². The van der Waals surface area contributed by atoms with Crippen LogP contribution >= 0.6 is 11.6 Å². The lowest BCUT2D eigenvalue weighted by atomic mass is 10.1. The zero-order valence-corrected chi connectivity index (χ0v) is 15.9. The molecule has 1 aromatic heterocycles. The van der Waals surface area contributed by atoms with Crippen LogP contribution in [-0.2, 0) is 17.5 Å². The number of hydrogen-bond donors (Lipinski definition) is 3. The van der Waals surface area contributed by atoms with Crippen molar-refractivity contribution in [3.8, 4) is 0 Å². The first-order valence-electron chi connectivity index (χ1n) is 9.05. The number of anilines is 1. The van der Waals surface area contributed by atoms with Gasteiger partial charge in [0.1, 0.15) is 32.7 Å². The number of alkyl halides is 3. The van der Waals surface area contributed by atoms with Crippen molar-refractivity contribution < 1.29 is 27.8 Å². The largest absolute Gasteiger partial charge is 0.416 e. The van der Waals surface area contributed by atoms with E-state index in [1.54, 1.807) is 24.4 Å². The van der Waals surface area contributed by atoms with Crippen LogP contribution in [0.5, 0.6) is 0 Å². The van der Waals surface area contributed by atoms with E-state index >= 15 is 0 Å². The number of quaternary nitrogens is 2. The Kier molecular flexibility index (Phi) is 6.53. The van der Waals surface area contributed by atoms with Crippen molar-refractivity contribution in [3.63, 3.8) is 0 Å². The Morgan fingerprint density at radius 3 is 2.50 bits per heavy atom. The highest BCUT2D eigenvalue weighted by Crippen LogP contribution is 2.29. The maximum atomic E-state index is 12.8. The molecule has 150 valence electrons. The van der Waals surface area contributed by atoms with Crippen LogP contribution in [0, 0.1) is 0 Å². The van der Waals surface area contributed by atoms with Crippen LogP contribution < -0.4 is 15.1 Å². The summed E-state index contributed by atoms with van der Waals surface area (Å²) < 4.78 is 38.5. The third-order valence-electron chi connectivity index (χ3n) is 4.82. The summed E-state index contributed by atoms with van der Waals surface area (Å²) in [6, 6.07) is 8.88. The van der Waals surface area contributed by atoms with Gasteiger partial charge in [0.2, 0.25) is 0 Å². The van der Waals surface area contributed by atoms with Crippen molar-refractivity contribution in [2.75, 3.05) is 38.0 Å². The second kappa shape index (κ2) is 8.89. The molecular weight excluding hydrogens is 393 g/mol. The van der Waals surface area contributed by atoms with E-state index < -0.39 is 11.7 Å². The van der Waals surface area contributed by atoms with Gasteiger partial charge in [-0.1, -0.05) is 23.7 Å². The van der Waals surface area contributed by atoms with Gasteiger partial charge in [0.15, 0.2) is 11.7 Å². The quantitative estimate of drug-likeness (QED) is 0.630. The SMILES string of the molecule is O=C(C[NH+]1CC[NH+](Cc2cccc(C(F)(F)F)c2)CC1)Nc1cccnc1Cl. The second-order valence-corrected chi connectivity index (χ2v) is 7.30. The molecule has 3 rings (SSSR count). The molecule has 1 aliphatic heterocycles. The van der Waals surface area contributed by atoms with Gasteiger partial charge in [-0.15, -0.1) is 0 Å². The van der Waals surface area contributed by atoms with E-state index in [9.17, 15) is 18.0 Å². The summed E-state index contributed by atoms with van der Waals surface area (Å²) in [5.41, 5.74) is 0.555. The maximum Gasteiger partial charge on any atom is 0.416 e. The minimum Gasteiger partial charge on any atom is -0.322 e. The first-order chi connectivity index (χ1) is 13.3. The molecule has 2 aromatic rings. The van der Waals surface area contributed by atoms with Gasteiger partial charge < -0.3 is 15.1 Å². The Balaban J connectivity index is 1.47. The average Bonchev–Trinajstić information content (AvgIpc) is 2.65. The first-order valence-corrected chi connectivity index (χ1v) is 9.42. The standard InChI is InChI=1S/C19H20ClF3N4O/c20-18-16(5-2-6-24-18)25-17(28)13-27-9-7-26(8-10-27)12-14-3-1-4-15(11-14)19(21,22)23/h1-6,11H,7-10,12-13H2,(H,25,28)/p+2. The number of benzene rings is 1. The number of nitrogens with zero attached hydrogens (tertiary/aromatic N) is 1. The lowest BCUT2D eigenvalue weighted by Crippen LogP contribution is -3.28. The highest BCUT2D eigenvalue weighted by atomic mass is 35.5. The van der Waals surface area contributed by atoms with Gasteiger partial charge in [0.05, 0.1) is 11.3 Å². The summed E-state index contributed by atoms with van der Waals surface area (Å²) in [7, 11) is 0. The van der Waals surface area contributed by atoms with Crippen molar-refractivity contribution in [3.05, 3.63) is 58.9 Å². The molecule has 0 aliphatic carbocycles. The molecule has 1 amide bonds. The van der Waals surface area contributed by atoms with E-state index in [-0.39, 0.29) is 11.1 Å². The molecule has 28 heavy (non-hydrogen) atoms. The van der Waals surface area contributed by atoms with Crippen LogP contribution in [0.4, 0.5) is 18.9 Å². The predicted octanol–water partition coefficient (Wildman–Crippen LogP) is 0.676. The Bertz CT molecular complexity index is 823. The number of piperazine rings is 1. The number of hydrogen-bond acceptors (Lipinski definition) is 2. The van der Waals surface area contributed by atoms with E-state index in [1.807, 2.05) is 0 Å². The summed E-state index contributed by atoms with van der Waals surface area (Å²) in [6.45, 7) is 4.03. The summed E-state index contributed by atoms with van der Waals surface area (Å²) in [6.07, 6.45) is -2.77. The highest BCUT2D eigenvalue weighted by molar-refractivity contribution is 6.32. The predicted molar refractivity (Wildman–Crippen MR) is 99.3 cm³/mol. The molecule has 0 saturated carbocycles. The summed E-state index contributed by atoms with van der Waals surface area (Å²) >= 11 is 5.94. The lowest BCUT2D eigenvalue weighted by molar-refractivity contribution is -1.02. The Morgan fingerprint density at radius 2 is 1.82 bits per heavy atom. The van der Waals surface area contributed by atoms with Crippen LogP contribution in [-0.4, -0.2) is 43.6 Å². The molecular formula is C19H22ClF3N4O+2. The summed E-state index contributed by atoms with van der Waals surface area (Å²) in [4.78, 5) is 18.5. The molecule has 5 nitrogen and oxygen atoms in total. The topological polar surface area (TPSA) is 50.9 Å². The van der Waals surface area contributed by atoms with Crippen molar-refractivity contribution in [1.29, 1.82) is 0 Å². The fraction of sp³-hybridized carbons (Fsp3) is 0.368. The number of aromatic nitrogens is 1. The zero-order valence-electron chi connectivity index (χ0n) is 15.2. The number of carbonyl (C=O) groups excluding carboxylic acids is 1. The number of pyridine rings is 1. The van der Waals surface area contributed by atoms with Crippen LogP contribution in [0.1, 0.15) is 11.1 Å². The number of halogens is 4. The van der Waals surface area contributed by atoms with Crippen molar-refractivity contribution in [2.24, 2.45) is 0 Å². The van der Waals surface area contributed by atoms with Gasteiger partial charge in [0.25, 0.3) is 5.91 Å². The highest BCUT2D eigenvalue weighted by Gasteiger charge is 2.31. The molecule has 3 N–H and O–H groups in total. The molecule has 1 saturated heterocycles. The summed E-state index contributed by atoms with van der Waals surface area (Å²) in [5, 5.41) is 3.01. The second-order valence-electron chi connectivity index (χ2n) is 6.94. The normalized spacial score (nSPS) is 20.0. The van der Waals surface area contributed by atoms with Crippen molar-refractivity contribution in [2.45, 2.75) is 12.7 Å². The lowest BCUT2D eigenvalue weighted by Gasteiger charge is -2.29. The molecule has 0 bridgehead atoms. The Hall–Kier alpha value is -2.16. The van der Waals surface area contributed by atoms with Crippen molar-refractivity contribution >= 4 is 23.2 Å². The molecule has 0 spiro atoms. The summed E-state index contributed by atoms with van der Waals surface area (Å²) in [5.74, 6) is -0.133. The minimum atomic E-state index is -4.32. The van der Waals surface area contributed by atoms with Crippen LogP contribution in [0.15, 0.2) is 42.6 Å². The van der Waals surface area contributed by atoms with Gasteiger partial charge in [0, 0.05) is 11.8 Å². The Morgan fingerprint density at radius 1 is 1.11 bits per heavy atom. The van der Waals surface area contributed by atoms with E-state index in [2.05, 4.69) is 10.3 Å². The maximum absolute atomic E-state index is 12.8. The van der Waals surface area contributed by atoms with Crippen LogP contribution in [0.25, 0.3) is 0 Å².